The zero-order chi connectivity index (χ0) is 22.7. The summed E-state index contributed by atoms with van der Waals surface area (Å²) in [5.74, 6) is 2.12. The van der Waals surface area contributed by atoms with Gasteiger partial charge in [0.25, 0.3) is 0 Å². The highest BCUT2D eigenvalue weighted by Crippen LogP contribution is 2.34. The van der Waals surface area contributed by atoms with E-state index in [4.69, 9.17) is 32.4 Å². The van der Waals surface area contributed by atoms with Gasteiger partial charge in [-0.25, -0.2) is 4.98 Å². The zero-order valence-electron chi connectivity index (χ0n) is 18.1. The van der Waals surface area contributed by atoms with Crippen LogP contribution < -0.4 is 9.64 Å². The summed E-state index contributed by atoms with van der Waals surface area (Å²) in [6, 6.07) is 11.4. The van der Waals surface area contributed by atoms with Gasteiger partial charge in [0.1, 0.15) is 5.75 Å². The second kappa shape index (κ2) is 9.84. The Balaban J connectivity index is 1.43. The summed E-state index contributed by atoms with van der Waals surface area (Å²) in [6.45, 7) is 4.81. The molecule has 1 saturated heterocycles. The van der Waals surface area contributed by atoms with E-state index in [2.05, 4.69) is 16.0 Å². The zero-order valence-corrected chi connectivity index (χ0v) is 19.6. The third kappa shape index (κ3) is 5.03. The van der Waals surface area contributed by atoms with Crippen molar-refractivity contribution in [1.29, 1.82) is 0 Å². The van der Waals surface area contributed by atoms with Crippen LogP contribution in [0.25, 0.3) is 11.3 Å². The standard InChI is InChI=1S/C24H25Cl2N3O3/c1-16-27-15-23(32-16)19-6-5-18(14-22(19)31-2)28-8-3-9-29(11-10-28)24(30)13-17-4-7-20(25)21(26)12-17/h4-7,12,14-15H,3,8-11,13H2,1-2H3. The number of hydrogen-bond donors (Lipinski definition) is 0. The summed E-state index contributed by atoms with van der Waals surface area (Å²) in [5.41, 5.74) is 2.79. The summed E-state index contributed by atoms with van der Waals surface area (Å²) in [6.07, 6.45) is 2.91. The molecular weight excluding hydrogens is 449 g/mol. The fraction of sp³-hybridized carbons (Fsp3) is 0.333. The molecule has 1 aliphatic heterocycles. The number of rotatable bonds is 5. The van der Waals surface area contributed by atoms with Crippen molar-refractivity contribution < 1.29 is 13.9 Å². The van der Waals surface area contributed by atoms with Crippen LogP contribution in [-0.2, 0) is 11.2 Å². The Hall–Kier alpha value is -2.70. The first-order chi connectivity index (χ1) is 15.4. The van der Waals surface area contributed by atoms with E-state index < -0.39 is 0 Å². The molecule has 3 aromatic rings. The van der Waals surface area contributed by atoms with Gasteiger partial charge in [-0.2, -0.15) is 0 Å². The predicted molar refractivity (Wildman–Crippen MR) is 127 cm³/mol. The maximum Gasteiger partial charge on any atom is 0.227 e. The summed E-state index contributed by atoms with van der Waals surface area (Å²) < 4.78 is 11.3. The van der Waals surface area contributed by atoms with Gasteiger partial charge >= 0.3 is 0 Å². The smallest absolute Gasteiger partial charge is 0.227 e. The molecule has 6 nitrogen and oxygen atoms in total. The lowest BCUT2D eigenvalue weighted by Crippen LogP contribution is -2.36. The summed E-state index contributed by atoms with van der Waals surface area (Å²) in [5, 5.41) is 0.963. The van der Waals surface area contributed by atoms with Crippen LogP contribution in [0.4, 0.5) is 5.69 Å². The van der Waals surface area contributed by atoms with Gasteiger partial charge in [-0.3, -0.25) is 4.79 Å². The predicted octanol–water partition coefficient (Wildman–Crippen LogP) is 5.25. The van der Waals surface area contributed by atoms with Crippen molar-refractivity contribution in [2.24, 2.45) is 0 Å². The molecule has 4 rings (SSSR count). The number of oxazole rings is 1. The Morgan fingerprint density at radius 1 is 1.09 bits per heavy atom. The first kappa shape index (κ1) is 22.5. The van der Waals surface area contributed by atoms with Gasteiger partial charge in [-0.1, -0.05) is 29.3 Å². The monoisotopic (exact) mass is 473 g/mol. The van der Waals surface area contributed by atoms with Gasteiger partial charge in [-0.05, 0) is 36.2 Å². The number of carbonyl (C=O) groups excluding carboxylic acids is 1. The summed E-state index contributed by atoms with van der Waals surface area (Å²) in [7, 11) is 1.65. The van der Waals surface area contributed by atoms with E-state index >= 15 is 0 Å². The highest BCUT2D eigenvalue weighted by Gasteiger charge is 2.21. The molecule has 168 valence electrons. The van der Waals surface area contributed by atoms with Crippen LogP contribution in [0.1, 0.15) is 17.9 Å². The molecule has 8 heteroatoms. The maximum absolute atomic E-state index is 12.9. The second-order valence-corrected chi connectivity index (χ2v) is 8.59. The topological polar surface area (TPSA) is 58.8 Å². The Kier molecular flexibility index (Phi) is 6.92. The van der Waals surface area contributed by atoms with Gasteiger partial charge < -0.3 is 19.0 Å². The molecular formula is C24H25Cl2N3O3. The van der Waals surface area contributed by atoms with E-state index in [9.17, 15) is 4.79 Å². The average Bonchev–Trinajstić information content (AvgIpc) is 3.06. The summed E-state index contributed by atoms with van der Waals surface area (Å²) in [4.78, 5) is 21.2. The number of benzene rings is 2. The van der Waals surface area contributed by atoms with E-state index in [-0.39, 0.29) is 5.91 Å². The fourth-order valence-electron chi connectivity index (χ4n) is 3.93. The minimum Gasteiger partial charge on any atom is -0.496 e. The third-order valence-electron chi connectivity index (χ3n) is 5.62. The molecule has 1 fully saturated rings. The van der Waals surface area contributed by atoms with E-state index in [0.29, 0.717) is 34.7 Å². The van der Waals surface area contributed by atoms with Crippen molar-refractivity contribution in [2.75, 3.05) is 38.2 Å². The Bertz CT molecular complexity index is 1120. The molecule has 0 aliphatic carbocycles. The molecule has 0 bridgehead atoms. The minimum absolute atomic E-state index is 0.0962. The third-order valence-corrected chi connectivity index (χ3v) is 6.36. The number of hydrogen-bond acceptors (Lipinski definition) is 5. The van der Waals surface area contributed by atoms with E-state index in [1.807, 2.05) is 30.0 Å². The molecule has 0 spiro atoms. The van der Waals surface area contributed by atoms with Crippen LogP contribution in [0.5, 0.6) is 5.75 Å². The molecule has 1 aliphatic rings. The quantitative estimate of drug-likeness (QED) is 0.506. The molecule has 32 heavy (non-hydrogen) atoms. The number of halogens is 2. The van der Waals surface area contributed by atoms with Gasteiger partial charge in [0.05, 0.1) is 35.3 Å². The molecule has 0 atom stereocenters. The Morgan fingerprint density at radius 3 is 2.66 bits per heavy atom. The molecule has 0 saturated carbocycles. The van der Waals surface area contributed by atoms with Gasteiger partial charge in [-0.15, -0.1) is 0 Å². The van der Waals surface area contributed by atoms with Crippen LogP contribution in [0, 0.1) is 6.92 Å². The maximum atomic E-state index is 12.9. The largest absolute Gasteiger partial charge is 0.496 e. The fourth-order valence-corrected chi connectivity index (χ4v) is 4.25. The number of carbonyl (C=O) groups is 1. The van der Waals surface area contributed by atoms with Gasteiger partial charge in [0, 0.05) is 44.9 Å². The Labute approximate surface area is 197 Å². The van der Waals surface area contributed by atoms with Crippen molar-refractivity contribution in [3.05, 3.63) is 64.1 Å². The van der Waals surface area contributed by atoms with Crippen molar-refractivity contribution in [2.45, 2.75) is 19.8 Å². The van der Waals surface area contributed by atoms with Crippen molar-refractivity contribution >= 4 is 34.8 Å². The van der Waals surface area contributed by atoms with Crippen LogP contribution >= 0.6 is 23.2 Å². The molecule has 0 N–H and O–H groups in total. The molecule has 2 heterocycles. The lowest BCUT2D eigenvalue weighted by Gasteiger charge is -2.24. The second-order valence-electron chi connectivity index (χ2n) is 7.77. The number of aryl methyl sites for hydroxylation is 1. The first-order valence-corrected chi connectivity index (χ1v) is 11.3. The van der Waals surface area contributed by atoms with Crippen LogP contribution in [-0.4, -0.2) is 49.1 Å². The van der Waals surface area contributed by atoms with Crippen molar-refractivity contribution in [3.63, 3.8) is 0 Å². The number of anilines is 1. The molecule has 1 aromatic heterocycles. The molecule has 0 unspecified atom stereocenters. The lowest BCUT2D eigenvalue weighted by atomic mass is 10.1. The Morgan fingerprint density at radius 2 is 1.94 bits per heavy atom. The highest BCUT2D eigenvalue weighted by molar-refractivity contribution is 6.42. The lowest BCUT2D eigenvalue weighted by molar-refractivity contribution is -0.130. The molecule has 1 amide bonds. The van der Waals surface area contributed by atoms with Gasteiger partial charge in [0.2, 0.25) is 5.91 Å². The molecule has 2 aromatic carbocycles. The number of amides is 1. The SMILES string of the molecule is COc1cc(N2CCCN(C(=O)Cc3ccc(Cl)c(Cl)c3)CC2)ccc1-c1cnc(C)o1. The van der Waals surface area contributed by atoms with E-state index in [1.165, 1.54) is 0 Å². The number of methoxy groups -OCH3 is 1. The van der Waals surface area contributed by atoms with Crippen molar-refractivity contribution in [1.82, 2.24) is 9.88 Å². The number of ether oxygens (including phenoxy) is 1. The van der Waals surface area contributed by atoms with Crippen LogP contribution in [0.15, 0.2) is 47.0 Å². The first-order valence-electron chi connectivity index (χ1n) is 10.5. The van der Waals surface area contributed by atoms with E-state index in [0.717, 1.165) is 48.6 Å². The van der Waals surface area contributed by atoms with Crippen LogP contribution in [0.3, 0.4) is 0 Å². The number of nitrogens with zero attached hydrogens (tertiary/aromatic N) is 3. The average molecular weight is 474 g/mol. The minimum atomic E-state index is 0.0962. The normalized spacial score (nSPS) is 14.4. The summed E-state index contributed by atoms with van der Waals surface area (Å²) >= 11 is 12.1. The van der Waals surface area contributed by atoms with Crippen LogP contribution in [0.2, 0.25) is 10.0 Å². The van der Waals surface area contributed by atoms with Gasteiger partial charge in [0.15, 0.2) is 11.7 Å². The van der Waals surface area contributed by atoms with E-state index in [1.54, 1.807) is 25.4 Å². The highest BCUT2D eigenvalue weighted by atomic mass is 35.5. The van der Waals surface area contributed by atoms with Crippen molar-refractivity contribution in [3.8, 4) is 17.1 Å². The number of aromatic nitrogens is 1. The molecule has 0 radical (unpaired) electrons.